The van der Waals surface area contributed by atoms with Crippen molar-refractivity contribution in [1.82, 2.24) is 73.6 Å². The van der Waals surface area contributed by atoms with E-state index in [1.807, 2.05) is 0 Å². The third kappa shape index (κ3) is 23.3. The van der Waals surface area contributed by atoms with Gasteiger partial charge in [0.2, 0.25) is 70.9 Å². The van der Waals surface area contributed by atoms with E-state index in [1.54, 1.807) is 0 Å². The number of nitrogens with one attached hydrogen (secondary N) is 12. The normalized spacial score (nSPS) is 13.6. The van der Waals surface area contributed by atoms with Crippen molar-refractivity contribution in [1.29, 1.82) is 0 Å². The second kappa shape index (κ2) is 40.0. The third-order valence-electron chi connectivity index (χ3n) is 17.8. The van der Waals surface area contributed by atoms with Crippen molar-refractivity contribution in [3.8, 4) is 0 Å². The number of benzene rings is 5. The number of rotatable bonds is 44. The van der Waals surface area contributed by atoms with Crippen LogP contribution in [0.25, 0.3) is 43.1 Å². The van der Waals surface area contributed by atoms with Crippen molar-refractivity contribution in [2.45, 2.75) is 113 Å². The Bertz CT molecular complexity index is 4520. The number of carbonyl (C=O) groups excluding carboxylic acids is 18. The van der Waals surface area contributed by atoms with Crippen LogP contribution in [-0.2, 0) is 95.9 Å². The van der Waals surface area contributed by atoms with Crippen LogP contribution < -0.4 is 75.3 Å². The molecule has 2 aliphatic rings. The first kappa shape index (κ1) is 88.6. The van der Waals surface area contributed by atoms with Crippen molar-refractivity contribution >= 4 is 185 Å². The minimum absolute atomic E-state index is 0.121. The number of hydrogen-bond donors (Lipinski definition) is 20. The van der Waals surface area contributed by atoms with Gasteiger partial charge in [0.1, 0.15) is 24.2 Å². The fourth-order valence-corrected chi connectivity index (χ4v) is 12.0. The minimum Gasteiger partial charge on any atom is -0.481 e. The summed E-state index contributed by atoms with van der Waals surface area (Å²) in [6.45, 7) is -6.98. The Morgan fingerprint density at radius 1 is 0.267 bits per heavy atom. The number of carbonyl (C=O) groups is 24. The van der Waals surface area contributed by atoms with Gasteiger partial charge < -0.3 is 106 Å². The summed E-state index contributed by atoms with van der Waals surface area (Å²) in [7, 11) is 0. The van der Waals surface area contributed by atoms with Gasteiger partial charge in [-0.05, 0) is 95.1 Å². The first-order chi connectivity index (χ1) is 54.8. The Morgan fingerprint density at radius 3 is 0.716 bits per heavy atom. The van der Waals surface area contributed by atoms with Crippen LogP contribution in [0.15, 0.2) is 48.5 Å². The Hall–Kier alpha value is -14.6. The summed E-state index contributed by atoms with van der Waals surface area (Å²) >= 11 is 0. The summed E-state index contributed by atoms with van der Waals surface area (Å²) in [5, 5.41) is 83.1. The van der Waals surface area contributed by atoms with Crippen molar-refractivity contribution in [3.63, 3.8) is 0 Å². The van der Waals surface area contributed by atoms with Crippen molar-refractivity contribution in [3.05, 3.63) is 70.8 Å². The lowest BCUT2D eigenvalue weighted by Crippen LogP contribution is -2.56. The van der Waals surface area contributed by atoms with E-state index < -0.39 is 295 Å². The van der Waals surface area contributed by atoms with Gasteiger partial charge in [-0.25, -0.2) is 9.80 Å². The minimum atomic E-state index is -1.70. The van der Waals surface area contributed by atoms with E-state index in [4.69, 9.17) is 21.7 Å². The topological polar surface area (TPSA) is 734 Å². The summed E-state index contributed by atoms with van der Waals surface area (Å²) in [4.78, 5) is 306. The smallest absolute Gasteiger partial charge is 0.303 e. The molecule has 46 nitrogen and oxygen atoms in total. The highest BCUT2D eigenvalue weighted by molar-refractivity contribution is 6.43. The number of nitrogens with zero attached hydrogens (tertiary/aromatic N) is 2. The van der Waals surface area contributed by atoms with Crippen molar-refractivity contribution in [2.24, 2.45) is 11.5 Å². The maximum Gasteiger partial charge on any atom is 0.303 e. The lowest BCUT2D eigenvalue weighted by molar-refractivity contribution is -0.140. The molecule has 46 heteroatoms. The highest BCUT2D eigenvalue weighted by Gasteiger charge is 2.42. The average Bonchev–Trinajstić information content (AvgIpc) is 0.689. The maximum absolute atomic E-state index is 14.2. The third-order valence-corrected chi connectivity index (χ3v) is 17.8. The molecule has 5 aromatic rings. The highest BCUT2D eigenvalue weighted by atomic mass is 16.4. The summed E-state index contributed by atoms with van der Waals surface area (Å²) in [6.07, 6.45) is -6.90. The van der Waals surface area contributed by atoms with Crippen LogP contribution in [0.3, 0.4) is 0 Å². The van der Waals surface area contributed by atoms with Crippen LogP contribution in [0.5, 0.6) is 0 Å². The standard InChI is InChI=1S/C70H76N16O30/c71-37(9-15-51(95)96)61(107)81-41(13-19-55(103)104)65(111)83-39(11-17-53(99)100)63(109)79-25-47(91)75-21-43(87)73-23-45(89)77-27-49(93)85-67(113)33-5-1-29-30-2-6-35-60-36(8-4-32(58(30)60)31-3-7-34(68(85)114)59(33)57(29)31)70(116)86(69(35)115)50(94)28-78-46(90)24-74-44(88)22-76-48(92)26-80-64(110)40(12-18-54(101)102)84-66(112)42(14-20-56(105)106)82-62(108)38(72)10-16-52(97)98/h1-8,37-42H,9-28,71-72H2,(H,73,87)(H,74,88)(H,75,91)(H,76,92)(H,77,89)(H,78,90)(H,79,109)(H,80,110)(H,81,107)(H,82,108)(H,83,111)(H,84,112)(H,95,96)(H,97,98)(H,99,100)(H,101,102)(H,103,104)(H,105,106)/t37-,38-,39-,40-,41-,42-/m0/s1. The summed E-state index contributed by atoms with van der Waals surface area (Å²) < 4.78 is 0. The Balaban J connectivity index is 0.884. The number of carboxylic acids is 6. The quantitative estimate of drug-likeness (QED) is 0.00979. The zero-order valence-corrected chi connectivity index (χ0v) is 60.8. The van der Waals surface area contributed by atoms with E-state index in [0.29, 0.717) is 42.1 Å². The molecule has 5 aromatic carbocycles. The molecule has 0 aliphatic carbocycles. The molecule has 0 bridgehead atoms. The number of amides is 18. The van der Waals surface area contributed by atoms with E-state index in [-0.39, 0.29) is 45.9 Å². The SMILES string of the molecule is N[C@@H](CCC(=O)O)C(=O)N[C@@H](CCC(=O)O)C(=O)N[C@@H](CCC(=O)O)C(=O)NCC(=O)NCC(=O)NCC(=O)NCC(=O)N1C(=O)c2ccc3c4ccc5c6c(ccc(c7ccc(c2c37)C1=O)c64)C(=O)N(C(=O)CNC(=O)CNC(=O)CNC(=O)CNC(=O)[C@H](CCC(=O)O)NC(=O)[C@H](CCC(=O)O)NC(=O)[C@@H](N)CCC(=O)O)C5=O. The second-order valence-corrected chi connectivity index (χ2v) is 26.0. The van der Waals surface area contributed by atoms with E-state index in [2.05, 4.69) is 63.8 Å². The first-order valence-corrected chi connectivity index (χ1v) is 35.0. The number of aliphatic carboxylic acids is 6. The lowest BCUT2D eigenvalue weighted by atomic mass is 9.82. The van der Waals surface area contributed by atoms with Crippen molar-refractivity contribution in [2.75, 3.05) is 52.4 Å². The van der Waals surface area contributed by atoms with Gasteiger partial charge in [-0.3, -0.25) is 115 Å². The molecule has 2 heterocycles. The largest absolute Gasteiger partial charge is 0.481 e. The zero-order valence-electron chi connectivity index (χ0n) is 60.8. The molecule has 0 radical (unpaired) electrons. The Labute approximate surface area is 650 Å². The molecule has 116 heavy (non-hydrogen) atoms. The number of imide groups is 6. The van der Waals surface area contributed by atoms with Crippen LogP contribution in [0.2, 0.25) is 0 Å². The van der Waals surface area contributed by atoms with E-state index in [9.17, 15) is 135 Å². The molecule has 22 N–H and O–H groups in total. The van der Waals surface area contributed by atoms with Gasteiger partial charge in [-0.1, -0.05) is 24.3 Å². The first-order valence-electron chi connectivity index (χ1n) is 35.0. The zero-order chi connectivity index (χ0) is 85.7. The lowest BCUT2D eigenvalue weighted by Gasteiger charge is -2.29. The number of hydrogen-bond acceptors (Lipinski definition) is 26. The number of carboxylic acid groups (broad SMARTS) is 6. The van der Waals surface area contributed by atoms with Gasteiger partial charge in [0.05, 0.1) is 64.4 Å². The average molecular weight is 1620 g/mol. The number of nitrogens with two attached hydrogens (primary N) is 2. The molecule has 6 atom stereocenters. The van der Waals surface area contributed by atoms with Gasteiger partial charge in [-0.2, -0.15) is 0 Å². The molecular formula is C70H76N16O30. The van der Waals surface area contributed by atoms with Gasteiger partial charge >= 0.3 is 35.8 Å². The second-order valence-electron chi connectivity index (χ2n) is 26.0. The van der Waals surface area contributed by atoms with Crippen LogP contribution >= 0.6 is 0 Å². The highest BCUT2D eigenvalue weighted by Crippen LogP contribution is 2.46. The summed E-state index contributed by atoms with van der Waals surface area (Å²) in [5.41, 5.74) is 10.9. The molecule has 0 fully saturated rings. The van der Waals surface area contributed by atoms with Gasteiger partial charge in [-0.15, -0.1) is 0 Å². The molecule has 2 aliphatic heterocycles. The fraction of sp³-hybridized carbons (Fsp3) is 0.371. The van der Waals surface area contributed by atoms with E-state index >= 15 is 0 Å². The Morgan fingerprint density at radius 2 is 0.474 bits per heavy atom. The number of fused-ring (bicyclic) bond motifs is 2. The Kier molecular flexibility index (Phi) is 30.6. The van der Waals surface area contributed by atoms with Crippen molar-refractivity contribution < 1.29 is 146 Å². The molecule has 616 valence electrons. The predicted molar refractivity (Wildman–Crippen MR) is 388 cm³/mol. The van der Waals surface area contributed by atoms with Gasteiger partial charge in [0.25, 0.3) is 35.4 Å². The van der Waals surface area contributed by atoms with Crippen LogP contribution in [0.1, 0.15) is 118 Å². The van der Waals surface area contributed by atoms with Crippen LogP contribution in [0.4, 0.5) is 0 Å². The molecule has 18 amide bonds. The van der Waals surface area contributed by atoms with Crippen LogP contribution in [-0.4, -0.2) is 271 Å². The summed E-state index contributed by atoms with van der Waals surface area (Å²) in [5.74, 6) is -27.8. The predicted octanol–water partition coefficient (Wildman–Crippen LogP) is -7.31. The molecule has 0 aromatic heterocycles. The fourth-order valence-electron chi connectivity index (χ4n) is 12.0. The van der Waals surface area contributed by atoms with Crippen LogP contribution in [0, 0.1) is 0 Å². The van der Waals surface area contributed by atoms with Gasteiger partial charge in [0, 0.05) is 71.6 Å². The van der Waals surface area contributed by atoms with Gasteiger partial charge in [0.15, 0.2) is 0 Å². The monoisotopic (exact) mass is 1620 g/mol. The molecule has 0 unspecified atom stereocenters. The molecule has 0 saturated heterocycles. The van der Waals surface area contributed by atoms with E-state index in [1.165, 1.54) is 48.5 Å². The summed E-state index contributed by atoms with van der Waals surface area (Å²) in [6, 6.07) is 1.70. The molecular weight excluding hydrogens is 1540 g/mol. The maximum atomic E-state index is 14.2. The molecule has 0 saturated carbocycles. The van der Waals surface area contributed by atoms with E-state index in [0.717, 1.165) is 0 Å². The molecule has 0 spiro atoms. The molecule has 7 rings (SSSR count).